The summed E-state index contributed by atoms with van der Waals surface area (Å²) in [6.45, 7) is -0.176. The smallest absolute Gasteiger partial charge is 0.408 e. The molecule has 1 heterocycles. The minimum atomic E-state index is -0.590. The lowest BCUT2D eigenvalue weighted by molar-refractivity contribution is -0.117. The minimum absolute atomic E-state index is 0.110. The van der Waals surface area contributed by atoms with Crippen LogP contribution in [0, 0.1) is 0 Å². The van der Waals surface area contributed by atoms with Gasteiger partial charge in [0.05, 0.1) is 17.0 Å². The number of thioether (sulfide) groups is 1. The number of rotatable bonds is 6. The number of nitrogens with two attached hydrogens (primary N) is 1. The van der Waals surface area contributed by atoms with Gasteiger partial charge in [0.25, 0.3) is 0 Å². The van der Waals surface area contributed by atoms with Crippen LogP contribution < -0.4 is 16.8 Å². The van der Waals surface area contributed by atoms with Gasteiger partial charge < -0.3 is 15.5 Å². The van der Waals surface area contributed by atoms with Crippen molar-refractivity contribution in [3.63, 3.8) is 0 Å². The number of para-hydroxylation sites is 3. The summed E-state index contributed by atoms with van der Waals surface area (Å²) in [6.07, 6.45) is 0. The summed E-state index contributed by atoms with van der Waals surface area (Å²) in [5, 5.41) is 2.75. The molecule has 3 N–H and O–H groups in total. The van der Waals surface area contributed by atoms with E-state index in [9.17, 15) is 14.4 Å². The Labute approximate surface area is 146 Å². The quantitative estimate of drug-likeness (QED) is 0.654. The number of hydrogen-bond acceptors (Lipinski definition) is 5. The van der Waals surface area contributed by atoms with Crippen molar-refractivity contribution in [1.82, 2.24) is 4.57 Å². The highest BCUT2D eigenvalue weighted by Crippen LogP contribution is 2.26. The molecular formula is C17H15N3O4S. The predicted octanol–water partition coefficient (Wildman–Crippen LogP) is 1.81. The second-order valence-electron chi connectivity index (χ2n) is 5.22. The molecule has 0 atom stereocenters. The Kier molecular flexibility index (Phi) is 4.90. The van der Waals surface area contributed by atoms with Crippen LogP contribution in [0.3, 0.4) is 0 Å². The van der Waals surface area contributed by atoms with Crippen LogP contribution in [0.5, 0.6) is 0 Å². The molecule has 7 nitrogen and oxygen atoms in total. The first kappa shape index (κ1) is 16.8. The van der Waals surface area contributed by atoms with E-state index in [-0.39, 0.29) is 18.2 Å². The van der Waals surface area contributed by atoms with Crippen molar-refractivity contribution < 1.29 is 14.0 Å². The molecule has 0 bridgehead atoms. The highest BCUT2D eigenvalue weighted by molar-refractivity contribution is 8.00. The molecule has 2 aromatic carbocycles. The lowest BCUT2D eigenvalue weighted by Gasteiger charge is -2.10. The van der Waals surface area contributed by atoms with E-state index in [0.29, 0.717) is 16.8 Å². The second-order valence-corrected chi connectivity index (χ2v) is 6.24. The summed E-state index contributed by atoms with van der Waals surface area (Å²) in [5.41, 5.74) is 6.69. The van der Waals surface area contributed by atoms with E-state index in [4.69, 9.17) is 10.2 Å². The van der Waals surface area contributed by atoms with Crippen molar-refractivity contribution in [3.05, 3.63) is 59.1 Å². The van der Waals surface area contributed by atoms with Gasteiger partial charge in [-0.15, -0.1) is 11.8 Å². The van der Waals surface area contributed by atoms with E-state index >= 15 is 0 Å². The molecule has 0 radical (unpaired) electrons. The van der Waals surface area contributed by atoms with Gasteiger partial charge in [-0.1, -0.05) is 24.3 Å². The van der Waals surface area contributed by atoms with Crippen molar-refractivity contribution in [2.45, 2.75) is 11.4 Å². The third kappa shape index (κ3) is 3.92. The number of fused-ring (bicyclic) bond motifs is 1. The third-order valence-corrected chi connectivity index (χ3v) is 4.50. The lowest BCUT2D eigenvalue weighted by Crippen LogP contribution is -2.25. The zero-order chi connectivity index (χ0) is 17.8. The number of benzene rings is 2. The van der Waals surface area contributed by atoms with E-state index < -0.39 is 11.7 Å². The normalized spacial score (nSPS) is 10.7. The number of nitrogens with one attached hydrogen (secondary N) is 1. The number of amides is 2. The maximum Gasteiger partial charge on any atom is 0.420 e. The van der Waals surface area contributed by atoms with Crippen molar-refractivity contribution in [1.29, 1.82) is 0 Å². The molecule has 0 spiro atoms. The van der Waals surface area contributed by atoms with Crippen LogP contribution >= 0.6 is 11.8 Å². The molecule has 8 heteroatoms. The molecule has 0 saturated carbocycles. The van der Waals surface area contributed by atoms with Crippen LogP contribution in [-0.4, -0.2) is 22.1 Å². The topological polar surface area (TPSA) is 107 Å². The molecule has 1 aromatic heterocycles. The Bertz CT molecular complexity index is 993. The first-order valence-corrected chi connectivity index (χ1v) is 8.41. The lowest BCUT2D eigenvalue weighted by atomic mass is 10.3. The molecule has 25 heavy (non-hydrogen) atoms. The van der Waals surface area contributed by atoms with Gasteiger partial charge in [-0.25, -0.2) is 4.79 Å². The molecule has 0 saturated heterocycles. The van der Waals surface area contributed by atoms with Crippen LogP contribution in [0.25, 0.3) is 11.1 Å². The van der Waals surface area contributed by atoms with Gasteiger partial charge in [-0.05, 0) is 24.3 Å². The molecule has 0 fully saturated rings. The summed E-state index contributed by atoms with van der Waals surface area (Å²) < 4.78 is 6.38. The summed E-state index contributed by atoms with van der Waals surface area (Å²) in [4.78, 5) is 36.0. The monoisotopic (exact) mass is 357 g/mol. The Balaban J connectivity index is 1.78. The van der Waals surface area contributed by atoms with Crippen LogP contribution in [0.4, 0.5) is 5.69 Å². The van der Waals surface area contributed by atoms with Crippen molar-refractivity contribution in [2.75, 3.05) is 11.1 Å². The van der Waals surface area contributed by atoms with Gasteiger partial charge in [0, 0.05) is 4.90 Å². The third-order valence-electron chi connectivity index (χ3n) is 3.41. The van der Waals surface area contributed by atoms with Crippen LogP contribution in [0.15, 0.2) is 62.6 Å². The van der Waals surface area contributed by atoms with E-state index in [2.05, 4.69) is 5.32 Å². The van der Waals surface area contributed by atoms with E-state index in [1.165, 1.54) is 16.3 Å². The standard InChI is InChI=1S/C17H15N3O4S/c18-15(21)10-25-14-8-4-1-5-11(14)19-16(22)9-20-12-6-2-3-7-13(12)24-17(20)23/h1-8H,9-10H2,(H2,18,21)(H,19,22). The molecule has 0 aliphatic heterocycles. The first-order chi connectivity index (χ1) is 12.0. The van der Waals surface area contributed by atoms with Crippen LogP contribution in [0.2, 0.25) is 0 Å². The Morgan fingerprint density at radius 3 is 2.64 bits per heavy atom. The van der Waals surface area contributed by atoms with Crippen LogP contribution in [0.1, 0.15) is 0 Å². The minimum Gasteiger partial charge on any atom is -0.408 e. The SMILES string of the molecule is NC(=O)CSc1ccccc1NC(=O)Cn1c(=O)oc2ccccc21. The molecule has 128 valence electrons. The number of carbonyl (C=O) groups is 2. The molecule has 0 unspecified atom stereocenters. The highest BCUT2D eigenvalue weighted by Gasteiger charge is 2.13. The molecule has 3 rings (SSSR count). The summed E-state index contributed by atoms with van der Waals surface area (Å²) in [7, 11) is 0. The number of nitrogens with zero attached hydrogens (tertiary/aromatic N) is 1. The largest absolute Gasteiger partial charge is 0.420 e. The Morgan fingerprint density at radius 1 is 1.12 bits per heavy atom. The molecular weight excluding hydrogens is 342 g/mol. The number of primary amides is 1. The summed E-state index contributed by atoms with van der Waals surface area (Å²) >= 11 is 1.23. The molecule has 3 aromatic rings. The average molecular weight is 357 g/mol. The average Bonchev–Trinajstić information content (AvgIpc) is 2.90. The number of oxazole rings is 1. The van der Waals surface area contributed by atoms with Crippen LogP contribution in [-0.2, 0) is 16.1 Å². The van der Waals surface area contributed by atoms with Crippen molar-refractivity contribution in [2.24, 2.45) is 5.73 Å². The van der Waals surface area contributed by atoms with Gasteiger partial charge in [-0.3, -0.25) is 14.2 Å². The number of carbonyl (C=O) groups excluding carboxylic acids is 2. The fourth-order valence-corrected chi connectivity index (χ4v) is 3.09. The molecule has 2 amide bonds. The van der Waals surface area contributed by atoms with Gasteiger partial charge >= 0.3 is 5.76 Å². The number of hydrogen-bond donors (Lipinski definition) is 2. The maximum absolute atomic E-state index is 12.4. The van der Waals surface area contributed by atoms with E-state index in [0.717, 1.165) is 4.90 Å². The zero-order valence-corrected chi connectivity index (χ0v) is 13.9. The molecule has 0 aliphatic rings. The molecule has 0 aliphatic carbocycles. The van der Waals surface area contributed by atoms with Gasteiger partial charge in [0.2, 0.25) is 11.8 Å². The summed E-state index contributed by atoms with van der Waals surface area (Å²) in [6, 6.07) is 14.0. The second kappa shape index (κ2) is 7.27. The van der Waals surface area contributed by atoms with Crippen molar-refractivity contribution in [3.8, 4) is 0 Å². The summed E-state index contributed by atoms with van der Waals surface area (Å²) in [5.74, 6) is -1.30. The number of aromatic nitrogens is 1. The zero-order valence-electron chi connectivity index (χ0n) is 13.1. The predicted molar refractivity (Wildman–Crippen MR) is 95.5 cm³/mol. The van der Waals surface area contributed by atoms with E-state index in [1.807, 2.05) is 0 Å². The number of anilines is 1. The maximum atomic E-state index is 12.4. The van der Waals surface area contributed by atoms with Crippen molar-refractivity contribution >= 4 is 40.4 Å². The fourth-order valence-electron chi connectivity index (χ4n) is 2.34. The van der Waals surface area contributed by atoms with Gasteiger partial charge in [0.15, 0.2) is 5.58 Å². The fraction of sp³-hybridized carbons (Fsp3) is 0.118. The Morgan fingerprint density at radius 2 is 1.84 bits per heavy atom. The van der Waals surface area contributed by atoms with Gasteiger partial charge in [-0.2, -0.15) is 0 Å². The van der Waals surface area contributed by atoms with E-state index in [1.54, 1.807) is 48.5 Å². The first-order valence-electron chi connectivity index (χ1n) is 7.43. The van der Waals surface area contributed by atoms with Gasteiger partial charge in [0.1, 0.15) is 6.54 Å². The highest BCUT2D eigenvalue weighted by atomic mass is 32.2. The Hall–Kier alpha value is -3.00.